The first kappa shape index (κ1) is 23.6. The summed E-state index contributed by atoms with van der Waals surface area (Å²) in [7, 11) is 3.31. The number of ether oxygens (including phenoxy) is 2. The van der Waals surface area contributed by atoms with Gasteiger partial charge in [0.05, 0.1) is 26.1 Å². The predicted octanol–water partition coefficient (Wildman–Crippen LogP) is 5.48. The number of aryl methyl sites for hydroxylation is 2. The minimum absolute atomic E-state index is 0.165. The molecule has 0 unspecified atom stereocenters. The third-order valence-electron chi connectivity index (χ3n) is 6.13. The van der Waals surface area contributed by atoms with Crippen molar-refractivity contribution in [3.63, 3.8) is 0 Å². The number of aromatic nitrogens is 3. The number of hydrogen-bond donors (Lipinski definition) is 1. The fourth-order valence-electron chi connectivity index (χ4n) is 4.11. The van der Waals surface area contributed by atoms with Crippen molar-refractivity contribution >= 4 is 11.5 Å². The average Bonchev–Trinajstić information content (AvgIpc) is 3.19. The highest BCUT2D eigenvalue weighted by atomic mass is 16.5. The zero-order chi connectivity index (χ0) is 24.1. The Morgan fingerprint density at radius 2 is 1.62 bits per heavy atom. The van der Waals surface area contributed by atoms with Crippen LogP contribution < -0.4 is 14.8 Å². The van der Waals surface area contributed by atoms with E-state index in [1.165, 1.54) is 16.7 Å². The maximum absolute atomic E-state index is 5.44. The Morgan fingerprint density at radius 3 is 2.32 bits per heavy atom. The average molecular weight is 459 g/mol. The second-order valence-electron chi connectivity index (χ2n) is 9.52. The summed E-state index contributed by atoms with van der Waals surface area (Å²) < 4.78 is 12.9. The summed E-state index contributed by atoms with van der Waals surface area (Å²) in [4.78, 5) is 9.11. The molecule has 0 aliphatic heterocycles. The van der Waals surface area contributed by atoms with Crippen LogP contribution in [0.5, 0.6) is 11.5 Å². The minimum Gasteiger partial charge on any atom is -0.493 e. The normalized spacial score (nSPS) is 11.6. The monoisotopic (exact) mass is 458 g/mol. The van der Waals surface area contributed by atoms with Crippen LogP contribution in [0.1, 0.15) is 43.2 Å². The second kappa shape index (κ2) is 10.2. The van der Waals surface area contributed by atoms with Crippen molar-refractivity contribution in [3.8, 4) is 11.5 Å². The molecule has 0 aliphatic carbocycles. The molecule has 2 heterocycles. The van der Waals surface area contributed by atoms with E-state index in [0.29, 0.717) is 0 Å². The lowest BCUT2D eigenvalue weighted by atomic mass is 9.86. The number of imidazole rings is 1. The van der Waals surface area contributed by atoms with Gasteiger partial charge in [-0.2, -0.15) is 0 Å². The molecule has 2 aromatic carbocycles. The van der Waals surface area contributed by atoms with Crippen molar-refractivity contribution in [2.24, 2.45) is 0 Å². The lowest BCUT2D eigenvalue weighted by Gasteiger charge is -2.19. The minimum atomic E-state index is 0.165. The number of rotatable bonds is 9. The van der Waals surface area contributed by atoms with E-state index < -0.39 is 0 Å². The number of methoxy groups -OCH3 is 2. The van der Waals surface area contributed by atoms with Crippen molar-refractivity contribution in [2.75, 3.05) is 26.1 Å². The van der Waals surface area contributed by atoms with Crippen LogP contribution in [0.15, 0.2) is 61.1 Å². The Bertz CT molecular complexity index is 1240. The molecule has 4 rings (SSSR count). The van der Waals surface area contributed by atoms with Crippen molar-refractivity contribution in [3.05, 3.63) is 83.4 Å². The van der Waals surface area contributed by atoms with Gasteiger partial charge in [0.15, 0.2) is 17.1 Å². The fraction of sp³-hybridized carbons (Fsp3) is 0.357. The SMILES string of the molecule is COc1ccc(CCNc2c(CCc3ccc(C(C)(C)C)cc3)nc3cnccn23)cc1OC. The summed E-state index contributed by atoms with van der Waals surface area (Å²) in [6.07, 6.45) is 8.21. The van der Waals surface area contributed by atoms with Crippen LogP contribution in [0.2, 0.25) is 0 Å². The van der Waals surface area contributed by atoms with Gasteiger partial charge in [-0.05, 0) is 53.5 Å². The number of hydrogen-bond acceptors (Lipinski definition) is 5. The van der Waals surface area contributed by atoms with Crippen molar-refractivity contribution < 1.29 is 9.47 Å². The highest BCUT2D eigenvalue weighted by Crippen LogP contribution is 2.28. The first-order valence-corrected chi connectivity index (χ1v) is 11.7. The molecule has 4 aromatic rings. The van der Waals surface area contributed by atoms with E-state index in [0.717, 1.165) is 54.5 Å². The Kier molecular flexibility index (Phi) is 7.06. The summed E-state index contributed by atoms with van der Waals surface area (Å²) in [5.74, 6) is 2.52. The number of benzene rings is 2. The molecule has 0 saturated carbocycles. The molecule has 178 valence electrons. The van der Waals surface area contributed by atoms with Gasteiger partial charge in [0, 0.05) is 18.9 Å². The van der Waals surface area contributed by atoms with E-state index in [2.05, 4.69) is 65.8 Å². The van der Waals surface area contributed by atoms with E-state index in [1.54, 1.807) is 26.6 Å². The standard InChI is InChI=1S/C28H34N4O2/c1-28(2,3)22-10-6-20(7-11-22)8-12-23-27(32-17-16-29-19-26(32)31-23)30-15-14-21-9-13-24(33-4)25(18-21)34-5/h6-7,9-11,13,16-19,30H,8,12,14-15H2,1-5H3. The van der Waals surface area contributed by atoms with Gasteiger partial charge in [-0.15, -0.1) is 0 Å². The van der Waals surface area contributed by atoms with Gasteiger partial charge in [0.2, 0.25) is 0 Å². The molecule has 6 nitrogen and oxygen atoms in total. The van der Waals surface area contributed by atoms with E-state index >= 15 is 0 Å². The van der Waals surface area contributed by atoms with E-state index in [1.807, 2.05) is 18.3 Å². The van der Waals surface area contributed by atoms with Crippen LogP contribution in [-0.2, 0) is 24.7 Å². The van der Waals surface area contributed by atoms with Crippen molar-refractivity contribution in [2.45, 2.75) is 45.4 Å². The second-order valence-corrected chi connectivity index (χ2v) is 9.52. The Labute approximate surface area is 202 Å². The molecule has 0 atom stereocenters. The quantitative estimate of drug-likeness (QED) is 0.360. The Balaban J connectivity index is 1.47. The van der Waals surface area contributed by atoms with Crippen LogP contribution >= 0.6 is 0 Å². The number of nitrogens with zero attached hydrogens (tertiary/aromatic N) is 3. The Hall–Kier alpha value is -3.54. The van der Waals surface area contributed by atoms with Crippen LogP contribution in [0.3, 0.4) is 0 Å². The molecule has 0 fully saturated rings. The summed E-state index contributed by atoms with van der Waals surface area (Å²) in [6.45, 7) is 7.50. The number of nitrogens with one attached hydrogen (secondary N) is 1. The van der Waals surface area contributed by atoms with E-state index in [9.17, 15) is 0 Å². The van der Waals surface area contributed by atoms with Gasteiger partial charge in [-0.1, -0.05) is 51.1 Å². The van der Waals surface area contributed by atoms with Gasteiger partial charge in [-0.25, -0.2) is 4.98 Å². The highest BCUT2D eigenvalue weighted by Gasteiger charge is 2.15. The largest absolute Gasteiger partial charge is 0.493 e. The topological polar surface area (TPSA) is 60.7 Å². The molecular weight excluding hydrogens is 424 g/mol. The number of fused-ring (bicyclic) bond motifs is 1. The van der Waals surface area contributed by atoms with E-state index in [4.69, 9.17) is 14.5 Å². The third-order valence-corrected chi connectivity index (χ3v) is 6.13. The molecular formula is C28H34N4O2. The summed E-state index contributed by atoms with van der Waals surface area (Å²) >= 11 is 0. The zero-order valence-electron chi connectivity index (χ0n) is 20.8. The number of anilines is 1. The molecule has 2 aromatic heterocycles. The summed E-state index contributed by atoms with van der Waals surface area (Å²) in [6, 6.07) is 15.0. The van der Waals surface area contributed by atoms with Crippen LogP contribution in [0.4, 0.5) is 5.82 Å². The van der Waals surface area contributed by atoms with Crippen molar-refractivity contribution in [1.29, 1.82) is 0 Å². The van der Waals surface area contributed by atoms with Gasteiger partial charge in [-0.3, -0.25) is 9.38 Å². The van der Waals surface area contributed by atoms with Gasteiger partial charge in [0.1, 0.15) is 5.82 Å². The third kappa shape index (κ3) is 5.33. The molecule has 0 spiro atoms. The molecule has 0 aliphatic rings. The summed E-state index contributed by atoms with van der Waals surface area (Å²) in [5, 5.41) is 3.62. The molecule has 6 heteroatoms. The molecule has 34 heavy (non-hydrogen) atoms. The predicted molar refractivity (Wildman–Crippen MR) is 137 cm³/mol. The van der Waals surface area contributed by atoms with Crippen LogP contribution in [-0.4, -0.2) is 35.1 Å². The maximum atomic E-state index is 5.44. The molecule has 0 saturated heterocycles. The fourth-order valence-corrected chi connectivity index (χ4v) is 4.11. The van der Waals surface area contributed by atoms with Gasteiger partial charge in [0.25, 0.3) is 0 Å². The smallest absolute Gasteiger partial charge is 0.160 e. The van der Waals surface area contributed by atoms with Gasteiger partial charge < -0.3 is 14.8 Å². The van der Waals surface area contributed by atoms with Crippen molar-refractivity contribution in [1.82, 2.24) is 14.4 Å². The van der Waals surface area contributed by atoms with E-state index in [-0.39, 0.29) is 5.41 Å². The van der Waals surface area contributed by atoms with Gasteiger partial charge >= 0.3 is 0 Å². The maximum Gasteiger partial charge on any atom is 0.160 e. The molecule has 0 bridgehead atoms. The molecule has 0 radical (unpaired) electrons. The Morgan fingerprint density at radius 1 is 0.882 bits per heavy atom. The van der Waals surface area contributed by atoms with Crippen LogP contribution in [0, 0.1) is 0 Å². The lowest BCUT2D eigenvalue weighted by Crippen LogP contribution is -2.11. The lowest BCUT2D eigenvalue weighted by molar-refractivity contribution is 0.354. The molecule has 0 amide bonds. The first-order valence-electron chi connectivity index (χ1n) is 11.7. The van der Waals surface area contributed by atoms with Crippen LogP contribution in [0.25, 0.3) is 5.65 Å². The molecule has 1 N–H and O–H groups in total. The highest BCUT2D eigenvalue weighted by molar-refractivity contribution is 5.54. The first-order chi connectivity index (χ1) is 16.4. The zero-order valence-corrected chi connectivity index (χ0v) is 20.8. The summed E-state index contributed by atoms with van der Waals surface area (Å²) in [5.41, 5.74) is 5.93.